The van der Waals surface area contributed by atoms with Crippen molar-refractivity contribution in [3.8, 4) is 11.6 Å². The Balaban J connectivity index is 1.60. The van der Waals surface area contributed by atoms with E-state index in [4.69, 9.17) is 4.74 Å². The summed E-state index contributed by atoms with van der Waals surface area (Å²) in [4.78, 5) is 32.5. The van der Waals surface area contributed by atoms with Crippen molar-refractivity contribution in [1.29, 1.82) is 0 Å². The molecule has 6 nitrogen and oxygen atoms in total. The third-order valence-electron chi connectivity index (χ3n) is 5.22. The Morgan fingerprint density at radius 2 is 1.55 bits per heavy atom. The summed E-state index contributed by atoms with van der Waals surface area (Å²) < 4.78 is 5.10. The highest BCUT2D eigenvalue weighted by atomic mass is 32.2. The van der Waals surface area contributed by atoms with Crippen molar-refractivity contribution in [2.75, 3.05) is 12.9 Å². The number of ketones is 1. The molecule has 0 aliphatic rings. The molecule has 1 aromatic heterocycles. The molecule has 0 fully saturated rings. The van der Waals surface area contributed by atoms with E-state index in [0.29, 0.717) is 11.3 Å². The Morgan fingerprint density at radius 3 is 2.06 bits per heavy atom. The molecule has 0 unspecified atom stereocenters. The van der Waals surface area contributed by atoms with Crippen molar-refractivity contribution in [2.24, 2.45) is 0 Å². The zero-order valence-electron chi connectivity index (χ0n) is 17.9. The third kappa shape index (κ3) is 5.15. The van der Waals surface area contributed by atoms with Crippen LogP contribution in [0.1, 0.15) is 33.0 Å². The van der Waals surface area contributed by atoms with E-state index in [1.54, 1.807) is 31.4 Å². The van der Waals surface area contributed by atoms with Gasteiger partial charge in [0.15, 0.2) is 10.9 Å². The summed E-state index contributed by atoms with van der Waals surface area (Å²) in [6.07, 6.45) is 0. The van der Waals surface area contributed by atoms with E-state index < -0.39 is 11.5 Å². The fourth-order valence-corrected chi connectivity index (χ4v) is 4.34. The molecule has 166 valence electrons. The molecule has 4 aromatic rings. The topological polar surface area (TPSA) is 92.3 Å². The zero-order chi connectivity index (χ0) is 23.2. The molecule has 4 rings (SSSR count). The highest BCUT2D eigenvalue weighted by Crippen LogP contribution is 2.34. The number of nitrogens with one attached hydrogen (secondary N) is 1. The number of carbonyl (C=O) groups excluding carboxylic acids is 1. The third-order valence-corrected chi connectivity index (χ3v) is 6.09. The van der Waals surface area contributed by atoms with E-state index in [9.17, 15) is 14.7 Å². The SMILES string of the molecule is COc1ccc(C(=O)CSc2nc(O)c(C(c3ccccc3)c3ccccc3)c(=O)[nH]2)cc1. The normalized spacial score (nSPS) is 10.8. The molecule has 0 bridgehead atoms. The van der Waals surface area contributed by atoms with Gasteiger partial charge in [0.1, 0.15) is 5.75 Å². The first kappa shape index (κ1) is 22.4. The largest absolute Gasteiger partial charge is 0.497 e. The monoisotopic (exact) mass is 458 g/mol. The lowest BCUT2D eigenvalue weighted by atomic mass is 9.86. The number of Topliss-reactive ketones (excluding diaryl/α,β-unsaturated/α-hetero) is 1. The van der Waals surface area contributed by atoms with Gasteiger partial charge in [-0.15, -0.1) is 0 Å². The maximum Gasteiger partial charge on any atom is 0.259 e. The summed E-state index contributed by atoms with van der Waals surface area (Å²) in [6, 6.07) is 25.8. The zero-order valence-corrected chi connectivity index (χ0v) is 18.7. The predicted octanol–water partition coefficient (Wildman–Crippen LogP) is 4.64. The van der Waals surface area contributed by atoms with Crippen molar-refractivity contribution in [3.05, 3.63) is 118 Å². The lowest BCUT2D eigenvalue weighted by Crippen LogP contribution is -2.20. The highest BCUT2D eigenvalue weighted by molar-refractivity contribution is 7.99. The molecule has 2 N–H and O–H groups in total. The van der Waals surface area contributed by atoms with Crippen LogP contribution in [-0.2, 0) is 0 Å². The van der Waals surface area contributed by atoms with Crippen LogP contribution in [0.15, 0.2) is 94.9 Å². The minimum Gasteiger partial charge on any atom is -0.497 e. The molecule has 3 aromatic carbocycles. The van der Waals surface area contributed by atoms with Crippen LogP contribution in [0.25, 0.3) is 0 Å². The van der Waals surface area contributed by atoms with E-state index in [0.717, 1.165) is 22.9 Å². The van der Waals surface area contributed by atoms with Crippen LogP contribution in [0, 0.1) is 0 Å². The second-order valence-corrected chi connectivity index (χ2v) is 8.27. The van der Waals surface area contributed by atoms with Crippen LogP contribution in [-0.4, -0.2) is 33.7 Å². The molecule has 0 saturated carbocycles. The van der Waals surface area contributed by atoms with Gasteiger partial charge in [-0.25, -0.2) is 0 Å². The second-order valence-electron chi connectivity index (χ2n) is 7.30. The number of ether oxygens (including phenoxy) is 1. The van der Waals surface area contributed by atoms with Gasteiger partial charge < -0.3 is 14.8 Å². The molecule has 1 heterocycles. The van der Waals surface area contributed by atoms with Crippen LogP contribution in [0.4, 0.5) is 0 Å². The van der Waals surface area contributed by atoms with E-state index in [2.05, 4.69) is 9.97 Å². The number of aromatic nitrogens is 2. The van der Waals surface area contributed by atoms with Gasteiger partial charge in [-0.3, -0.25) is 9.59 Å². The molecule has 0 amide bonds. The average molecular weight is 459 g/mol. The maximum absolute atomic E-state index is 13.1. The number of methoxy groups -OCH3 is 1. The van der Waals surface area contributed by atoms with Gasteiger partial charge >= 0.3 is 0 Å². The molecular formula is C26H22N2O4S. The number of carbonyl (C=O) groups is 1. The van der Waals surface area contributed by atoms with Gasteiger partial charge in [0, 0.05) is 11.5 Å². The highest BCUT2D eigenvalue weighted by Gasteiger charge is 2.25. The quantitative estimate of drug-likeness (QED) is 0.227. The fourth-order valence-electron chi connectivity index (χ4n) is 3.59. The Bertz CT molecular complexity index is 1250. The summed E-state index contributed by atoms with van der Waals surface area (Å²) >= 11 is 1.07. The molecule has 33 heavy (non-hydrogen) atoms. The standard InChI is InChI=1S/C26H22N2O4S/c1-32-20-14-12-17(13-15-20)21(29)16-33-26-27-24(30)23(25(31)28-26)22(18-8-4-2-5-9-18)19-10-6-3-7-11-19/h2-15,22H,16H2,1H3,(H2,27,28,30,31). The molecule has 0 atom stereocenters. The van der Waals surface area contributed by atoms with Gasteiger partial charge in [0.2, 0.25) is 5.88 Å². The molecular weight excluding hydrogens is 436 g/mol. The number of hydrogen-bond donors (Lipinski definition) is 2. The minimum absolute atomic E-state index is 0.0643. The van der Waals surface area contributed by atoms with E-state index in [1.807, 2.05) is 60.7 Å². The van der Waals surface area contributed by atoms with Gasteiger partial charge in [0.25, 0.3) is 5.56 Å². The first-order valence-electron chi connectivity index (χ1n) is 10.3. The summed E-state index contributed by atoms with van der Waals surface area (Å²) in [6.45, 7) is 0. The van der Waals surface area contributed by atoms with Crippen LogP contribution < -0.4 is 10.3 Å². The summed E-state index contributed by atoms with van der Waals surface area (Å²) in [5.41, 5.74) is 1.97. The molecule has 0 aliphatic heterocycles. The fraction of sp³-hybridized carbons (Fsp3) is 0.115. The predicted molar refractivity (Wildman–Crippen MR) is 128 cm³/mol. The number of thioether (sulfide) groups is 1. The Hall–Kier alpha value is -3.84. The Labute approximate surface area is 195 Å². The smallest absolute Gasteiger partial charge is 0.259 e. The molecule has 0 saturated heterocycles. The number of H-pyrrole nitrogens is 1. The maximum atomic E-state index is 13.1. The van der Waals surface area contributed by atoms with E-state index in [1.165, 1.54) is 0 Å². The number of benzene rings is 3. The van der Waals surface area contributed by atoms with Gasteiger partial charge in [-0.05, 0) is 35.4 Å². The van der Waals surface area contributed by atoms with Crippen LogP contribution in [0.2, 0.25) is 0 Å². The average Bonchev–Trinajstić information content (AvgIpc) is 2.86. The van der Waals surface area contributed by atoms with Gasteiger partial charge in [-0.1, -0.05) is 72.4 Å². The van der Waals surface area contributed by atoms with Crippen LogP contribution in [0.3, 0.4) is 0 Å². The van der Waals surface area contributed by atoms with Crippen molar-refractivity contribution >= 4 is 17.5 Å². The van der Waals surface area contributed by atoms with Gasteiger partial charge in [-0.2, -0.15) is 4.98 Å². The van der Waals surface area contributed by atoms with Crippen molar-refractivity contribution in [1.82, 2.24) is 9.97 Å². The number of nitrogens with zero attached hydrogens (tertiary/aromatic N) is 1. The Morgan fingerprint density at radius 1 is 0.970 bits per heavy atom. The Kier molecular flexibility index (Phi) is 6.90. The number of aromatic amines is 1. The number of hydrogen-bond acceptors (Lipinski definition) is 6. The van der Waals surface area contributed by atoms with Crippen LogP contribution >= 0.6 is 11.8 Å². The molecule has 7 heteroatoms. The second kappa shape index (κ2) is 10.2. The molecule has 0 spiro atoms. The van der Waals surface area contributed by atoms with Crippen molar-refractivity contribution < 1.29 is 14.6 Å². The van der Waals surface area contributed by atoms with Crippen LogP contribution in [0.5, 0.6) is 11.6 Å². The van der Waals surface area contributed by atoms with Crippen molar-refractivity contribution in [3.63, 3.8) is 0 Å². The minimum atomic E-state index is -0.483. The number of aromatic hydroxyl groups is 1. The van der Waals surface area contributed by atoms with E-state index in [-0.39, 0.29) is 28.1 Å². The number of rotatable bonds is 8. The molecule has 0 aliphatic carbocycles. The van der Waals surface area contributed by atoms with Gasteiger partial charge in [0.05, 0.1) is 18.4 Å². The summed E-state index contributed by atoms with van der Waals surface area (Å²) in [5, 5.41) is 10.9. The van der Waals surface area contributed by atoms with Crippen molar-refractivity contribution in [2.45, 2.75) is 11.1 Å². The lowest BCUT2D eigenvalue weighted by molar-refractivity contribution is 0.102. The first-order chi connectivity index (χ1) is 16.1. The van der Waals surface area contributed by atoms with E-state index >= 15 is 0 Å². The molecule has 0 radical (unpaired) electrons. The summed E-state index contributed by atoms with van der Waals surface area (Å²) in [5.74, 6) is -0.230. The first-order valence-corrected chi connectivity index (χ1v) is 11.3. The summed E-state index contributed by atoms with van der Waals surface area (Å²) in [7, 11) is 1.56. The lowest BCUT2D eigenvalue weighted by Gasteiger charge is -2.18.